The van der Waals surface area contributed by atoms with Crippen molar-refractivity contribution in [1.82, 2.24) is 25.4 Å². The molecule has 2 heterocycles. The highest BCUT2D eigenvalue weighted by atomic mass is 19.3. The predicted octanol–water partition coefficient (Wildman–Crippen LogP) is 1.55. The van der Waals surface area contributed by atoms with Gasteiger partial charge in [-0.2, -0.15) is 0 Å². The van der Waals surface area contributed by atoms with E-state index in [4.69, 9.17) is 10.5 Å². The fourth-order valence-electron chi connectivity index (χ4n) is 3.73. The molecular weight excluding hydrogens is 470 g/mol. The molecule has 1 aromatic heterocycles. The first kappa shape index (κ1) is 27.4. The van der Waals surface area contributed by atoms with Gasteiger partial charge < -0.3 is 30.9 Å². The third-order valence-electron chi connectivity index (χ3n) is 5.92. The van der Waals surface area contributed by atoms with Gasteiger partial charge >= 0.3 is 0 Å². The van der Waals surface area contributed by atoms with Gasteiger partial charge in [0.15, 0.2) is 5.69 Å². The quantitative estimate of drug-likeness (QED) is 0.398. The van der Waals surface area contributed by atoms with Crippen molar-refractivity contribution in [1.29, 1.82) is 0 Å². The number of ether oxygens (including phenoxy) is 1. The largest absolute Gasteiger partial charge is 0.397 e. The topological polar surface area (TPSA) is 113 Å². The summed E-state index contributed by atoms with van der Waals surface area (Å²) in [6.45, 7) is 5.86. The highest BCUT2D eigenvalue weighted by Gasteiger charge is 2.24. The van der Waals surface area contributed by atoms with Crippen molar-refractivity contribution in [2.75, 3.05) is 71.8 Å². The van der Waals surface area contributed by atoms with Crippen molar-refractivity contribution in [3.8, 4) is 11.1 Å². The van der Waals surface area contributed by atoms with E-state index in [0.717, 1.165) is 33.1 Å². The molecule has 2 amide bonds. The summed E-state index contributed by atoms with van der Waals surface area (Å²) in [5.74, 6) is -3.33. The molecule has 1 aromatic carbocycles. The van der Waals surface area contributed by atoms with E-state index in [1.165, 1.54) is 18.3 Å². The summed E-state index contributed by atoms with van der Waals surface area (Å²) in [4.78, 5) is 32.7. The monoisotopic (exact) mass is 504 g/mol. The number of likely N-dealkylation sites (N-methyl/N-ethyl adjacent to an activating group) is 1. The lowest BCUT2D eigenvalue weighted by Gasteiger charge is -2.32. The summed E-state index contributed by atoms with van der Waals surface area (Å²) < 4.78 is 32.7. The molecule has 196 valence electrons. The molecule has 0 unspecified atom stereocenters. The molecule has 1 fully saturated rings. The highest BCUT2D eigenvalue weighted by Crippen LogP contribution is 2.31. The molecule has 0 radical (unpaired) electrons. The second-order valence-electron chi connectivity index (χ2n) is 8.86. The summed E-state index contributed by atoms with van der Waals surface area (Å²) in [6, 6.07) is 7.50. The van der Waals surface area contributed by atoms with Crippen LogP contribution in [0.15, 0.2) is 36.5 Å². The van der Waals surface area contributed by atoms with Crippen molar-refractivity contribution in [2.45, 2.75) is 12.8 Å². The number of carbonyl (C=O) groups excluding carboxylic acids is 2. The highest BCUT2D eigenvalue weighted by molar-refractivity contribution is 5.97. The number of carbonyl (C=O) groups is 2. The first-order valence-corrected chi connectivity index (χ1v) is 11.9. The molecule has 0 saturated carbocycles. The van der Waals surface area contributed by atoms with E-state index >= 15 is 0 Å². The Morgan fingerprint density at radius 3 is 2.53 bits per heavy atom. The molecular formula is C25H34F2N6O3. The molecule has 11 heteroatoms. The number of alkyl halides is 2. The minimum atomic E-state index is -2.96. The molecule has 1 aliphatic rings. The van der Waals surface area contributed by atoms with E-state index in [9.17, 15) is 18.4 Å². The van der Waals surface area contributed by atoms with Gasteiger partial charge in [0.2, 0.25) is 5.91 Å². The second kappa shape index (κ2) is 12.7. The van der Waals surface area contributed by atoms with E-state index in [2.05, 4.69) is 20.5 Å². The zero-order chi connectivity index (χ0) is 26.1. The van der Waals surface area contributed by atoms with Crippen LogP contribution in [-0.2, 0) is 15.5 Å². The van der Waals surface area contributed by atoms with Crippen molar-refractivity contribution < 1.29 is 23.1 Å². The number of hydrogen-bond acceptors (Lipinski definition) is 7. The number of hydrogen-bond donors (Lipinski definition) is 3. The van der Waals surface area contributed by atoms with Crippen LogP contribution in [0.1, 0.15) is 23.0 Å². The predicted molar refractivity (Wildman–Crippen MR) is 134 cm³/mol. The number of aromatic nitrogens is 1. The van der Waals surface area contributed by atoms with Gasteiger partial charge in [-0.3, -0.25) is 9.59 Å². The number of benzene rings is 1. The normalized spacial score (nSPS) is 14.6. The van der Waals surface area contributed by atoms with Crippen molar-refractivity contribution in [3.05, 3.63) is 47.8 Å². The summed E-state index contributed by atoms with van der Waals surface area (Å²) in [5, 5.41) is 5.76. The number of amides is 2. The minimum absolute atomic E-state index is 0.0554. The van der Waals surface area contributed by atoms with Crippen LogP contribution in [0.2, 0.25) is 0 Å². The van der Waals surface area contributed by atoms with Crippen LogP contribution in [0.5, 0.6) is 0 Å². The third-order valence-corrected chi connectivity index (χ3v) is 5.92. The molecule has 9 nitrogen and oxygen atoms in total. The van der Waals surface area contributed by atoms with Crippen molar-refractivity contribution in [2.24, 2.45) is 0 Å². The Kier molecular flexibility index (Phi) is 9.68. The Hall–Kier alpha value is -3.15. The van der Waals surface area contributed by atoms with E-state index in [1.807, 2.05) is 11.9 Å². The third kappa shape index (κ3) is 7.94. The van der Waals surface area contributed by atoms with Gasteiger partial charge in [0.1, 0.15) is 0 Å². The van der Waals surface area contributed by atoms with Gasteiger partial charge in [0, 0.05) is 63.5 Å². The number of pyridine rings is 1. The van der Waals surface area contributed by atoms with Gasteiger partial charge in [-0.15, -0.1) is 0 Å². The second-order valence-corrected chi connectivity index (χ2v) is 8.86. The Morgan fingerprint density at radius 1 is 1.11 bits per heavy atom. The molecule has 1 aliphatic heterocycles. The maximum absolute atomic E-state index is 13.6. The number of halogens is 2. The van der Waals surface area contributed by atoms with E-state index in [0.29, 0.717) is 24.3 Å². The molecule has 0 spiro atoms. The van der Waals surface area contributed by atoms with Gasteiger partial charge in [-0.25, -0.2) is 13.8 Å². The van der Waals surface area contributed by atoms with E-state index in [-0.39, 0.29) is 42.5 Å². The first-order chi connectivity index (χ1) is 17.1. The smallest absolute Gasteiger partial charge is 0.272 e. The number of nitrogens with zero attached hydrogens (tertiary/aromatic N) is 3. The summed E-state index contributed by atoms with van der Waals surface area (Å²) in [7, 11) is 2.04. The number of nitrogen functional groups attached to an aromatic ring is 1. The number of nitrogens with two attached hydrogens (primary N) is 1. The van der Waals surface area contributed by atoms with Crippen LogP contribution < -0.4 is 16.4 Å². The SMILES string of the molecule is CN1CCN(C(=O)CNCCOCCNC(=O)c2ncc(-c3cccc(C(C)(F)F)c3)cc2N)CC1. The van der Waals surface area contributed by atoms with Crippen molar-refractivity contribution >= 4 is 17.5 Å². The molecule has 3 rings (SSSR count). The van der Waals surface area contributed by atoms with Crippen LogP contribution in [0.4, 0.5) is 14.5 Å². The fraction of sp³-hybridized carbons (Fsp3) is 0.480. The van der Waals surface area contributed by atoms with Crippen LogP contribution in [-0.4, -0.2) is 92.7 Å². The lowest BCUT2D eigenvalue weighted by Crippen LogP contribution is -2.49. The maximum Gasteiger partial charge on any atom is 0.272 e. The molecule has 2 aromatic rings. The summed E-state index contributed by atoms with van der Waals surface area (Å²) in [5.41, 5.74) is 7.17. The molecule has 0 bridgehead atoms. The van der Waals surface area contributed by atoms with Crippen molar-refractivity contribution in [3.63, 3.8) is 0 Å². The Labute approximate surface area is 210 Å². The average molecular weight is 505 g/mol. The van der Waals surface area contributed by atoms with E-state index < -0.39 is 11.8 Å². The number of anilines is 1. The zero-order valence-corrected chi connectivity index (χ0v) is 20.7. The van der Waals surface area contributed by atoms with Gasteiger partial charge in [-0.05, 0) is 24.7 Å². The zero-order valence-electron chi connectivity index (χ0n) is 20.7. The Bertz CT molecular complexity index is 1040. The molecule has 36 heavy (non-hydrogen) atoms. The van der Waals surface area contributed by atoms with E-state index in [1.54, 1.807) is 18.2 Å². The molecule has 4 N–H and O–H groups in total. The summed E-state index contributed by atoms with van der Waals surface area (Å²) >= 11 is 0. The average Bonchev–Trinajstić information content (AvgIpc) is 2.85. The van der Waals surface area contributed by atoms with Crippen LogP contribution in [0.3, 0.4) is 0 Å². The standard InChI is InChI=1S/C25H34F2N6O3/c1-25(26,27)20-5-3-4-18(14-20)19-15-21(28)23(31-16-19)24(35)30-7-13-36-12-6-29-17-22(34)33-10-8-32(2)9-11-33/h3-5,14-16,29H,6-13,17,28H2,1-2H3,(H,30,35). The summed E-state index contributed by atoms with van der Waals surface area (Å²) in [6.07, 6.45) is 1.43. The fourth-order valence-corrected chi connectivity index (χ4v) is 3.73. The first-order valence-electron chi connectivity index (χ1n) is 11.9. The molecule has 0 aliphatic carbocycles. The lowest BCUT2D eigenvalue weighted by atomic mass is 10.0. The van der Waals surface area contributed by atoms with Gasteiger partial charge in [0.25, 0.3) is 11.8 Å². The minimum Gasteiger partial charge on any atom is -0.397 e. The van der Waals surface area contributed by atoms with Crippen LogP contribution in [0, 0.1) is 0 Å². The maximum atomic E-state index is 13.6. The van der Waals surface area contributed by atoms with Gasteiger partial charge in [0.05, 0.1) is 25.4 Å². The number of rotatable bonds is 11. The number of nitrogens with one attached hydrogen (secondary N) is 2. The van der Waals surface area contributed by atoms with Crippen LogP contribution in [0.25, 0.3) is 11.1 Å². The number of piperazine rings is 1. The van der Waals surface area contributed by atoms with Gasteiger partial charge in [-0.1, -0.05) is 18.2 Å². The van der Waals surface area contributed by atoms with Crippen LogP contribution >= 0.6 is 0 Å². The molecule has 1 saturated heterocycles. The Morgan fingerprint density at radius 2 is 1.83 bits per heavy atom. The lowest BCUT2D eigenvalue weighted by molar-refractivity contribution is -0.131. The molecule has 0 atom stereocenters. The Balaban J connectivity index is 1.35.